The van der Waals surface area contributed by atoms with Crippen LogP contribution in [0.5, 0.6) is 0 Å². The zero-order chi connectivity index (χ0) is 14.6. The normalized spacial score (nSPS) is 18.4. The monoisotopic (exact) mass is 337 g/mol. The van der Waals surface area contributed by atoms with Crippen LogP contribution in [0.25, 0.3) is 0 Å². The number of hydrogen-bond acceptors (Lipinski definition) is 1. The quantitative estimate of drug-likeness (QED) is 0.747. The molecule has 20 heavy (non-hydrogen) atoms. The number of hydrogen-bond donors (Lipinski definition) is 1. The molecule has 0 amide bonds. The van der Waals surface area contributed by atoms with Crippen LogP contribution in [0, 0.1) is 5.92 Å². The topological polar surface area (TPSA) is 12.0 Å². The Kier molecular flexibility index (Phi) is 5.68. The van der Waals surface area contributed by atoms with E-state index in [0.29, 0.717) is 5.92 Å². The highest BCUT2D eigenvalue weighted by Gasteiger charge is 2.23. The molecule has 1 saturated carbocycles. The summed E-state index contributed by atoms with van der Waals surface area (Å²) >= 11 is 3.74. The van der Waals surface area contributed by atoms with Crippen molar-refractivity contribution in [3.8, 4) is 0 Å². The second kappa shape index (κ2) is 7.09. The van der Waals surface area contributed by atoms with Crippen molar-refractivity contribution in [1.29, 1.82) is 0 Å². The maximum Gasteiger partial charge on any atom is 0.0210 e. The number of rotatable bonds is 5. The molecular formula is C18H28BrN. The Hall–Kier alpha value is -0.340. The Morgan fingerprint density at radius 1 is 1.20 bits per heavy atom. The van der Waals surface area contributed by atoms with Gasteiger partial charge in [-0.2, -0.15) is 0 Å². The van der Waals surface area contributed by atoms with Crippen LogP contribution in [0.1, 0.15) is 64.4 Å². The van der Waals surface area contributed by atoms with Gasteiger partial charge in [0.25, 0.3) is 0 Å². The van der Waals surface area contributed by atoms with Gasteiger partial charge >= 0.3 is 0 Å². The van der Waals surface area contributed by atoms with Crippen molar-refractivity contribution < 1.29 is 0 Å². The minimum Gasteiger partial charge on any atom is -0.311 e. The Balaban J connectivity index is 2.08. The third-order valence-electron chi connectivity index (χ3n) is 4.32. The van der Waals surface area contributed by atoms with Gasteiger partial charge in [-0.05, 0) is 50.7 Å². The summed E-state index contributed by atoms with van der Waals surface area (Å²) in [5.41, 5.74) is 1.66. The third-order valence-corrected chi connectivity index (χ3v) is 5.04. The van der Waals surface area contributed by atoms with Gasteiger partial charge in [0.15, 0.2) is 0 Å². The van der Waals surface area contributed by atoms with E-state index in [1.165, 1.54) is 42.1 Å². The fraction of sp³-hybridized carbons (Fsp3) is 0.667. The Bertz CT molecular complexity index is 416. The standard InChI is InChI=1S/C18H28BrN/c1-18(2,3)20-13-15(12-14-8-4-5-9-14)16-10-6-7-11-17(16)19/h6-7,10-11,14-15,20H,4-5,8-9,12-13H2,1-3H3. The van der Waals surface area contributed by atoms with Crippen LogP contribution < -0.4 is 5.32 Å². The molecule has 0 spiro atoms. The van der Waals surface area contributed by atoms with Crippen molar-refractivity contribution in [3.05, 3.63) is 34.3 Å². The van der Waals surface area contributed by atoms with Crippen molar-refractivity contribution >= 4 is 15.9 Å². The zero-order valence-corrected chi connectivity index (χ0v) is 14.7. The van der Waals surface area contributed by atoms with E-state index >= 15 is 0 Å². The van der Waals surface area contributed by atoms with E-state index < -0.39 is 0 Å². The second-order valence-electron chi connectivity index (χ2n) is 7.24. The minimum absolute atomic E-state index is 0.190. The van der Waals surface area contributed by atoms with Crippen molar-refractivity contribution in [2.45, 2.75) is 64.3 Å². The number of halogens is 1. The Morgan fingerprint density at radius 3 is 2.45 bits per heavy atom. The van der Waals surface area contributed by atoms with E-state index in [-0.39, 0.29) is 5.54 Å². The van der Waals surface area contributed by atoms with Crippen LogP contribution in [-0.2, 0) is 0 Å². The van der Waals surface area contributed by atoms with Crippen LogP contribution in [0.4, 0.5) is 0 Å². The molecule has 2 rings (SSSR count). The highest BCUT2D eigenvalue weighted by molar-refractivity contribution is 9.10. The fourth-order valence-corrected chi connectivity index (χ4v) is 3.81. The minimum atomic E-state index is 0.190. The van der Waals surface area contributed by atoms with E-state index in [0.717, 1.165) is 12.5 Å². The first-order chi connectivity index (χ1) is 9.46. The fourth-order valence-electron chi connectivity index (χ4n) is 3.20. The molecule has 0 radical (unpaired) electrons. The first-order valence-electron chi connectivity index (χ1n) is 7.95. The zero-order valence-electron chi connectivity index (χ0n) is 13.1. The van der Waals surface area contributed by atoms with Crippen LogP contribution in [0.2, 0.25) is 0 Å². The first-order valence-corrected chi connectivity index (χ1v) is 8.74. The van der Waals surface area contributed by atoms with Gasteiger partial charge < -0.3 is 5.32 Å². The summed E-state index contributed by atoms with van der Waals surface area (Å²) in [7, 11) is 0. The molecule has 1 N–H and O–H groups in total. The van der Waals surface area contributed by atoms with E-state index in [9.17, 15) is 0 Å². The lowest BCUT2D eigenvalue weighted by Gasteiger charge is -2.28. The molecule has 1 atom stereocenters. The molecule has 1 aliphatic carbocycles. The van der Waals surface area contributed by atoms with Crippen LogP contribution in [-0.4, -0.2) is 12.1 Å². The van der Waals surface area contributed by atoms with Gasteiger partial charge in [-0.3, -0.25) is 0 Å². The molecule has 1 unspecified atom stereocenters. The molecule has 2 heteroatoms. The van der Waals surface area contributed by atoms with Crippen LogP contribution in [0.3, 0.4) is 0 Å². The smallest absolute Gasteiger partial charge is 0.0210 e. The maximum absolute atomic E-state index is 3.74. The first kappa shape index (κ1) is 16.0. The SMILES string of the molecule is CC(C)(C)NCC(CC1CCCC1)c1ccccc1Br. The van der Waals surface area contributed by atoms with Gasteiger partial charge in [0, 0.05) is 16.6 Å². The average Bonchev–Trinajstić information content (AvgIpc) is 2.87. The molecule has 0 bridgehead atoms. The largest absolute Gasteiger partial charge is 0.311 e. The van der Waals surface area contributed by atoms with E-state index in [4.69, 9.17) is 0 Å². The summed E-state index contributed by atoms with van der Waals surface area (Å²) in [6.07, 6.45) is 7.04. The van der Waals surface area contributed by atoms with Gasteiger partial charge in [0.2, 0.25) is 0 Å². The summed E-state index contributed by atoms with van der Waals surface area (Å²) in [6, 6.07) is 8.73. The molecule has 112 valence electrons. The van der Waals surface area contributed by atoms with Gasteiger partial charge in [0.05, 0.1) is 0 Å². The molecule has 1 fully saturated rings. The molecule has 0 saturated heterocycles. The predicted molar refractivity (Wildman–Crippen MR) is 91.2 cm³/mol. The number of benzene rings is 1. The average molecular weight is 338 g/mol. The lowest BCUT2D eigenvalue weighted by atomic mass is 9.87. The van der Waals surface area contributed by atoms with Gasteiger partial charge in [-0.1, -0.05) is 59.8 Å². The second-order valence-corrected chi connectivity index (χ2v) is 8.09. The summed E-state index contributed by atoms with van der Waals surface area (Å²) in [5.74, 6) is 1.54. The molecule has 0 aliphatic heterocycles. The molecule has 0 heterocycles. The molecule has 1 aromatic carbocycles. The molecule has 1 aliphatic rings. The molecular weight excluding hydrogens is 310 g/mol. The Labute approximate surface area is 132 Å². The van der Waals surface area contributed by atoms with Crippen LogP contribution >= 0.6 is 15.9 Å². The maximum atomic E-state index is 3.74. The molecule has 0 aromatic heterocycles. The van der Waals surface area contributed by atoms with Gasteiger partial charge in [0.1, 0.15) is 0 Å². The number of nitrogens with one attached hydrogen (secondary N) is 1. The van der Waals surface area contributed by atoms with Crippen LogP contribution in [0.15, 0.2) is 28.7 Å². The predicted octanol–water partition coefficient (Wildman–Crippen LogP) is 5.50. The van der Waals surface area contributed by atoms with Crippen molar-refractivity contribution in [1.82, 2.24) is 5.32 Å². The molecule has 1 nitrogen and oxygen atoms in total. The molecule has 1 aromatic rings. The summed E-state index contributed by atoms with van der Waals surface area (Å²) in [6.45, 7) is 7.82. The van der Waals surface area contributed by atoms with E-state index in [2.05, 4.69) is 66.3 Å². The lowest BCUT2D eigenvalue weighted by molar-refractivity contribution is 0.368. The third kappa shape index (κ3) is 4.89. The van der Waals surface area contributed by atoms with Crippen molar-refractivity contribution in [3.63, 3.8) is 0 Å². The lowest BCUT2D eigenvalue weighted by Crippen LogP contribution is -2.39. The van der Waals surface area contributed by atoms with E-state index in [1.54, 1.807) is 0 Å². The van der Waals surface area contributed by atoms with Gasteiger partial charge in [-0.25, -0.2) is 0 Å². The van der Waals surface area contributed by atoms with Crippen molar-refractivity contribution in [2.75, 3.05) is 6.54 Å². The van der Waals surface area contributed by atoms with Crippen molar-refractivity contribution in [2.24, 2.45) is 5.92 Å². The Morgan fingerprint density at radius 2 is 1.85 bits per heavy atom. The van der Waals surface area contributed by atoms with E-state index in [1.807, 2.05) is 0 Å². The summed E-state index contributed by atoms with van der Waals surface area (Å²) in [5, 5.41) is 3.70. The summed E-state index contributed by atoms with van der Waals surface area (Å²) in [4.78, 5) is 0. The summed E-state index contributed by atoms with van der Waals surface area (Å²) < 4.78 is 1.26. The highest BCUT2D eigenvalue weighted by atomic mass is 79.9. The van der Waals surface area contributed by atoms with Gasteiger partial charge in [-0.15, -0.1) is 0 Å². The highest BCUT2D eigenvalue weighted by Crippen LogP contribution is 2.36.